The molecule has 0 bridgehead atoms. The Morgan fingerprint density at radius 3 is 2.55 bits per heavy atom. The molecule has 33 heavy (non-hydrogen) atoms. The van der Waals surface area contributed by atoms with E-state index in [-0.39, 0.29) is 29.9 Å². The fraction of sp³-hybridized carbons (Fsp3) is 0.667. The lowest BCUT2D eigenvalue weighted by molar-refractivity contribution is 0.00752. The predicted octanol–water partition coefficient (Wildman–Crippen LogP) is 2.01. The number of morpholine rings is 1. The number of rotatable bonds is 11. The van der Waals surface area contributed by atoms with Crippen LogP contribution in [0.5, 0.6) is 0 Å². The third-order valence-corrected chi connectivity index (χ3v) is 5.56. The summed E-state index contributed by atoms with van der Waals surface area (Å²) in [6.45, 7) is 13.7. The van der Waals surface area contributed by atoms with Crippen molar-refractivity contribution in [2.45, 2.75) is 33.4 Å². The normalized spacial score (nSPS) is 15.8. The Morgan fingerprint density at radius 2 is 1.91 bits per heavy atom. The quantitative estimate of drug-likeness (QED) is 0.213. The molecule has 1 atom stereocenters. The van der Waals surface area contributed by atoms with Crippen LogP contribution >= 0.6 is 24.0 Å². The summed E-state index contributed by atoms with van der Waals surface area (Å²) in [6, 6.07) is 8.12. The molecule has 8 nitrogen and oxygen atoms in total. The van der Waals surface area contributed by atoms with Crippen LogP contribution in [0.1, 0.15) is 36.7 Å². The molecule has 3 N–H and O–H groups in total. The van der Waals surface area contributed by atoms with E-state index in [0.29, 0.717) is 30.6 Å². The Morgan fingerprint density at radius 1 is 1.18 bits per heavy atom. The molecule has 1 heterocycles. The molecule has 1 saturated heterocycles. The largest absolute Gasteiger partial charge is 0.379 e. The van der Waals surface area contributed by atoms with Gasteiger partial charge in [-0.3, -0.25) is 9.69 Å². The van der Waals surface area contributed by atoms with Crippen LogP contribution in [-0.2, 0) is 11.3 Å². The first-order chi connectivity index (χ1) is 15.4. The Bertz CT molecular complexity index is 723. The second kappa shape index (κ2) is 16.2. The highest BCUT2D eigenvalue weighted by atomic mass is 127. The minimum absolute atomic E-state index is 0. The smallest absolute Gasteiger partial charge is 0.251 e. The maximum atomic E-state index is 12.4. The van der Waals surface area contributed by atoms with Gasteiger partial charge < -0.3 is 25.6 Å². The lowest BCUT2D eigenvalue weighted by Crippen LogP contribution is -2.52. The molecule has 1 fully saturated rings. The van der Waals surface area contributed by atoms with Gasteiger partial charge in [0.15, 0.2) is 5.96 Å². The molecule has 188 valence electrons. The van der Waals surface area contributed by atoms with Crippen molar-refractivity contribution in [3.05, 3.63) is 35.4 Å². The SMILES string of the molecule is CCNC(=NCc1cccc(C(=O)NCCN(C)C)c1)NCC(C(C)C)N1CCOCC1.I. The average Bonchev–Trinajstić information content (AvgIpc) is 2.78. The van der Waals surface area contributed by atoms with E-state index in [4.69, 9.17) is 9.73 Å². The fourth-order valence-electron chi connectivity index (χ4n) is 3.71. The summed E-state index contributed by atoms with van der Waals surface area (Å²) in [5, 5.41) is 9.82. The Kier molecular flexibility index (Phi) is 14.6. The molecule has 1 aromatic carbocycles. The minimum atomic E-state index is -0.0482. The van der Waals surface area contributed by atoms with Crippen molar-refractivity contribution >= 4 is 35.8 Å². The van der Waals surface area contributed by atoms with Gasteiger partial charge >= 0.3 is 0 Å². The Balaban J connectivity index is 0.00000544. The average molecular weight is 575 g/mol. The van der Waals surface area contributed by atoms with Gasteiger partial charge in [-0.2, -0.15) is 0 Å². The number of hydrogen-bond acceptors (Lipinski definition) is 5. The highest BCUT2D eigenvalue weighted by molar-refractivity contribution is 14.0. The number of likely N-dealkylation sites (N-methyl/N-ethyl adjacent to an activating group) is 1. The van der Waals surface area contributed by atoms with Gasteiger partial charge in [-0.1, -0.05) is 26.0 Å². The van der Waals surface area contributed by atoms with Crippen molar-refractivity contribution < 1.29 is 9.53 Å². The number of nitrogens with zero attached hydrogens (tertiary/aromatic N) is 3. The maximum absolute atomic E-state index is 12.4. The van der Waals surface area contributed by atoms with Gasteiger partial charge in [0.25, 0.3) is 5.91 Å². The first-order valence-corrected chi connectivity index (χ1v) is 11.8. The van der Waals surface area contributed by atoms with Gasteiger partial charge in [0.05, 0.1) is 19.8 Å². The van der Waals surface area contributed by atoms with Crippen molar-refractivity contribution in [3.8, 4) is 0 Å². The van der Waals surface area contributed by atoms with Crippen LogP contribution < -0.4 is 16.0 Å². The van der Waals surface area contributed by atoms with Crippen LogP contribution in [0.15, 0.2) is 29.3 Å². The minimum Gasteiger partial charge on any atom is -0.379 e. The van der Waals surface area contributed by atoms with Gasteiger partial charge in [0.2, 0.25) is 0 Å². The molecule has 2 rings (SSSR count). The summed E-state index contributed by atoms with van der Waals surface area (Å²) in [4.78, 5) is 21.7. The highest BCUT2D eigenvalue weighted by Gasteiger charge is 2.23. The van der Waals surface area contributed by atoms with E-state index >= 15 is 0 Å². The second-order valence-corrected chi connectivity index (χ2v) is 8.80. The molecule has 0 radical (unpaired) electrons. The first-order valence-electron chi connectivity index (χ1n) is 11.8. The molecule has 0 spiro atoms. The van der Waals surface area contributed by atoms with Crippen molar-refractivity contribution in [1.29, 1.82) is 0 Å². The molecule has 1 unspecified atom stereocenters. The summed E-state index contributed by atoms with van der Waals surface area (Å²) >= 11 is 0. The summed E-state index contributed by atoms with van der Waals surface area (Å²) in [6.07, 6.45) is 0. The zero-order valence-corrected chi connectivity index (χ0v) is 23.2. The number of aliphatic imine (C=N–C) groups is 1. The summed E-state index contributed by atoms with van der Waals surface area (Å²) in [7, 11) is 3.98. The van der Waals surface area contributed by atoms with E-state index < -0.39 is 0 Å². The van der Waals surface area contributed by atoms with Crippen molar-refractivity contribution in [2.75, 3.05) is 66.6 Å². The number of guanidine groups is 1. The first kappa shape index (κ1) is 29.6. The molecule has 0 aromatic heterocycles. The van der Waals surface area contributed by atoms with Gasteiger partial charge in [-0.25, -0.2) is 4.99 Å². The molecular weight excluding hydrogens is 531 g/mol. The van der Waals surface area contributed by atoms with Crippen LogP contribution in [0.25, 0.3) is 0 Å². The van der Waals surface area contributed by atoms with Crippen LogP contribution in [0.2, 0.25) is 0 Å². The summed E-state index contributed by atoms with van der Waals surface area (Å²) in [5.74, 6) is 1.28. The van der Waals surface area contributed by atoms with Crippen LogP contribution in [0, 0.1) is 5.92 Å². The van der Waals surface area contributed by atoms with E-state index in [1.54, 1.807) is 0 Å². The molecule has 1 aliphatic heterocycles. The number of hydrogen-bond donors (Lipinski definition) is 3. The van der Waals surface area contributed by atoms with Gasteiger partial charge in [0, 0.05) is 50.9 Å². The molecule has 1 aromatic rings. The van der Waals surface area contributed by atoms with E-state index in [0.717, 1.165) is 57.5 Å². The number of ether oxygens (including phenoxy) is 1. The van der Waals surface area contributed by atoms with Gasteiger partial charge in [-0.05, 0) is 44.6 Å². The number of nitrogens with one attached hydrogen (secondary N) is 3. The van der Waals surface area contributed by atoms with E-state index in [2.05, 4.69) is 41.6 Å². The third-order valence-electron chi connectivity index (χ3n) is 5.56. The van der Waals surface area contributed by atoms with Crippen LogP contribution in [-0.4, -0.2) is 94.3 Å². The monoisotopic (exact) mass is 574 g/mol. The molecule has 0 saturated carbocycles. The standard InChI is InChI=1S/C24H42N6O2.HI/c1-6-25-24(28-18-22(19(2)3)30-12-14-32-15-13-30)27-17-20-8-7-9-21(16-20)23(31)26-10-11-29(4)5;/h7-9,16,19,22H,6,10-15,17-18H2,1-5H3,(H,26,31)(H2,25,27,28);1H. The van der Waals surface area contributed by atoms with E-state index in [1.165, 1.54) is 0 Å². The zero-order valence-electron chi connectivity index (χ0n) is 20.9. The lowest BCUT2D eigenvalue weighted by Gasteiger charge is -2.37. The van der Waals surface area contributed by atoms with Crippen molar-refractivity contribution in [1.82, 2.24) is 25.8 Å². The Labute approximate surface area is 216 Å². The Hall–Kier alpha value is -1.43. The second-order valence-electron chi connectivity index (χ2n) is 8.80. The maximum Gasteiger partial charge on any atom is 0.251 e. The highest BCUT2D eigenvalue weighted by Crippen LogP contribution is 2.12. The number of carbonyl (C=O) groups excluding carboxylic acids is 1. The van der Waals surface area contributed by atoms with Crippen molar-refractivity contribution in [2.24, 2.45) is 10.9 Å². The van der Waals surface area contributed by atoms with E-state index in [1.807, 2.05) is 43.3 Å². The molecule has 0 aliphatic carbocycles. The zero-order chi connectivity index (χ0) is 23.3. The van der Waals surface area contributed by atoms with E-state index in [9.17, 15) is 4.79 Å². The molecule has 1 aliphatic rings. The van der Waals surface area contributed by atoms with Gasteiger partial charge in [0.1, 0.15) is 0 Å². The lowest BCUT2D eigenvalue weighted by atomic mass is 10.0. The summed E-state index contributed by atoms with van der Waals surface area (Å²) < 4.78 is 5.51. The predicted molar refractivity (Wildman–Crippen MR) is 147 cm³/mol. The third kappa shape index (κ3) is 11.0. The van der Waals surface area contributed by atoms with Crippen molar-refractivity contribution in [3.63, 3.8) is 0 Å². The van der Waals surface area contributed by atoms with Gasteiger partial charge in [-0.15, -0.1) is 24.0 Å². The molecular formula is C24H43IN6O2. The fourth-order valence-corrected chi connectivity index (χ4v) is 3.71. The number of amides is 1. The number of benzene rings is 1. The number of halogens is 1. The van der Waals surface area contributed by atoms with Crippen LogP contribution in [0.4, 0.5) is 0 Å². The topological polar surface area (TPSA) is 81.2 Å². The number of carbonyl (C=O) groups is 1. The molecule has 9 heteroatoms. The summed E-state index contributed by atoms with van der Waals surface area (Å²) in [5.41, 5.74) is 1.68. The van der Waals surface area contributed by atoms with Crippen LogP contribution in [0.3, 0.4) is 0 Å². The molecule has 1 amide bonds.